The molecule has 0 unspecified atom stereocenters. The first-order valence-corrected chi connectivity index (χ1v) is 6.10. The highest BCUT2D eigenvalue weighted by Gasteiger charge is 2.06. The largest absolute Gasteiger partial charge is 0.481 e. The molecule has 4 nitrogen and oxygen atoms in total. The summed E-state index contributed by atoms with van der Waals surface area (Å²) in [5.41, 5.74) is 1.48. The Balaban J connectivity index is 2.70. The van der Waals surface area contributed by atoms with E-state index in [-0.39, 0.29) is 0 Å². The minimum absolute atomic E-state index is 0.326. The van der Waals surface area contributed by atoms with Crippen LogP contribution in [0.2, 0.25) is 0 Å². The summed E-state index contributed by atoms with van der Waals surface area (Å²) >= 11 is 0. The average molecular weight is 250 g/mol. The fourth-order valence-corrected chi connectivity index (χ4v) is 1.70. The molecule has 98 valence electrons. The number of benzene rings is 1. The molecule has 0 saturated carbocycles. The van der Waals surface area contributed by atoms with E-state index in [0.717, 1.165) is 31.2 Å². The quantitative estimate of drug-likeness (QED) is 0.569. The smallest absolute Gasteiger partial charge is 0.341 e. The van der Waals surface area contributed by atoms with Gasteiger partial charge >= 0.3 is 5.97 Å². The zero-order valence-corrected chi connectivity index (χ0v) is 10.5. The average Bonchev–Trinajstić information content (AvgIpc) is 2.37. The maximum Gasteiger partial charge on any atom is 0.341 e. The molecule has 0 fully saturated rings. The van der Waals surface area contributed by atoms with E-state index >= 15 is 0 Å². The molecule has 1 aromatic carbocycles. The molecule has 0 bridgehead atoms. The first kappa shape index (κ1) is 14.2. The molecule has 1 rings (SSSR count). The highest BCUT2D eigenvalue weighted by atomic mass is 16.5. The van der Waals surface area contributed by atoms with Crippen LogP contribution in [-0.4, -0.2) is 24.0 Å². The van der Waals surface area contributed by atoms with Gasteiger partial charge in [-0.3, -0.25) is 4.79 Å². The van der Waals surface area contributed by atoms with Crippen molar-refractivity contribution < 1.29 is 19.4 Å². The lowest BCUT2D eigenvalue weighted by Gasteiger charge is -2.08. The Bertz CT molecular complexity index is 412. The Labute approximate surface area is 107 Å². The molecule has 1 aromatic rings. The van der Waals surface area contributed by atoms with Gasteiger partial charge in [-0.2, -0.15) is 0 Å². The lowest BCUT2D eigenvalue weighted by Crippen LogP contribution is -2.10. The zero-order valence-electron chi connectivity index (χ0n) is 10.5. The fourth-order valence-electron chi connectivity index (χ4n) is 1.70. The van der Waals surface area contributed by atoms with Crippen LogP contribution < -0.4 is 4.74 Å². The molecule has 0 aliphatic carbocycles. The second-order valence-electron chi connectivity index (χ2n) is 4.13. The molecule has 18 heavy (non-hydrogen) atoms. The lowest BCUT2D eigenvalue weighted by molar-refractivity contribution is -0.139. The number of aldehydes is 1. The number of unbranched alkanes of at least 4 members (excludes halogenated alkanes) is 2. The van der Waals surface area contributed by atoms with Crippen molar-refractivity contribution in [1.29, 1.82) is 0 Å². The Kier molecular flexibility index (Phi) is 5.91. The molecule has 0 radical (unpaired) electrons. The minimum atomic E-state index is -1.06. The minimum Gasteiger partial charge on any atom is -0.481 e. The van der Waals surface area contributed by atoms with Crippen molar-refractivity contribution in [2.24, 2.45) is 0 Å². The van der Waals surface area contributed by atoms with Gasteiger partial charge in [-0.1, -0.05) is 25.8 Å². The van der Waals surface area contributed by atoms with Gasteiger partial charge < -0.3 is 9.84 Å². The van der Waals surface area contributed by atoms with Crippen LogP contribution in [-0.2, 0) is 11.2 Å². The molecule has 0 spiro atoms. The molecule has 4 heteroatoms. The van der Waals surface area contributed by atoms with Gasteiger partial charge in [0.1, 0.15) is 5.75 Å². The number of hydrogen-bond acceptors (Lipinski definition) is 3. The summed E-state index contributed by atoms with van der Waals surface area (Å²) in [7, 11) is 0. The normalized spacial score (nSPS) is 10.1. The van der Waals surface area contributed by atoms with Gasteiger partial charge in [0.05, 0.1) is 5.56 Å². The summed E-state index contributed by atoms with van der Waals surface area (Å²) < 4.78 is 5.04. The number of carbonyl (C=O) groups is 2. The lowest BCUT2D eigenvalue weighted by atomic mass is 10.0. The predicted octanol–water partition coefficient (Wildman–Crippen LogP) is 2.70. The van der Waals surface area contributed by atoms with Crippen LogP contribution in [0.5, 0.6) is 5.75 Å². The molecule has 0 saturated heterocycles. The molecule has 1 N–H and O–H groups in total. The number of ether oxygens (including phenoxy) is 1. The van der Waals surface area contributed by atoms with E-state index in [1.54, 1.807) is 12.1 Å². The van der Waals surface area contributed by atoms with E-state index in [2.05, 4.69) is 6.92 Å². The summed E-state index contributed by atoms with van der Waals surface area (Å²) in [5.74, 6) is -0.731. The van der Waals surface area contributed by atoms with Gasteiger partial charge in [-0.25, -0.2) is 4.79 Å². The first-order valence-electron chi connectivity index (χ1n) is 6.10. The highest BCUT2D eigenvalue weighted by molar-refractivity contribution is 5.80. The van der Waals surface area contributed by atoms with Crippen molar-refractivity contribution in [3.05, 3.63) is 29.3 Å². The van der Waals surface area contributed by atoms with Crippen molar-refractivity contribution >= 4 is 12.3 Å². The molecule has 0 heterocycles. The van der Waals surface area contributed by atoms with E-state index in [1.165, 1.54) is 0 Å². The first-order chi connectivity index (χ1) is 8.67. The van der Waals surface area contributed by atoms with Crippen LogP contribution in [0, 0.1) is 0 Å². The van der Waals surface area contributed by atoms with Crippen molar-refractivity contribution in [3.63, 3.8) is 0 Å². The number of aryl methyl sites for hydroxylation is 1. The fraction of sp³-hybridized carbons (Fsp3) is 0.429. The van der Waals surface area contributed by atoms with Crippen LogP contribution in [0.25, 0.3) is 0 Å². The summed E-state index contributed by atoms with van der Waals surface area (Å²) in [5, 5.41) is 8.52. The molecular formula is C14H18O4. The van der Waals surface area contributed by atoms with Gasteiger partial charge in [0.25, 0.3) is 0 Å². The maximum atomic E-state index is 10.9. The van der Waals surface area contributed by atoms with Crippen molar-refractivity contribution in [1.82, 2.24) is 0 Å². The van der Waals surface area contributed by atoms with Gasteiger partial charge in [0.15, 0.2) is 12.9 Å². The highest BCUT2D eigenvalue weighted by Crippen LogP contribution is 2.19. The topological polar surface area (TPSA) is 63.6 Å². The Hall–Kier alpha value is -1.84. The van der Waals surface area contributed by atoms with Gasteiger partial charge in [-0.05, 0) is 30.5 Å². The van der Waals surface area contributed by atoms with Crippen molar-refractivity contribution in [2.45, 2.75) is 32.6 Å². The van der Waals surface area contributed by atoms with Crippen molar-refractivity contribution in [2.75, 3.05) is 6.61 Å². The Morgan fingerprint density at radius 3 is 2.78 bits per heavy atom. The number of aliphatic carboxylic acids is 1. The van der Waals surface area contributed by atoms with E-state index < -0.39 is 12.6 Å². The van der Waals surface area contributed by atoms with E-state index in [9.17, 15) is 9.59 Å². The standard InChI is InChI=1S/C14H18O4/c1-2-3-4-5-11-6-7-13(12(8-11)9-15)18-10-14(16)17/h6-9H,2-5,10H2,1H3,(H,16,17). The molecule has 0 aliphatic rings. The summed E-state index contributed by atoms with van der Waals surface area (Å²) in [4.78, 5) is 21.3. The third-order valence-corrected chi connectivity index (χ3v) is 2.62. The second-order valence-corrected chi connectivity index (χ2v) is 4.13. The number of carboxylic acid groups (broad SMARTS) is 1. The number of hydrogen-bond donors (Lipinski definition) is 1. The van der Waals surface area contributed by atoms with Gasteiger partial charge in [-0.15, -0.1) is 0 Å². The van der Waals surface area contributed by atoms with Crippen LogP contribution >= 0.6 is 0 Å². The summed E-state index contributed by atoms with van der Waals surface area (Å²) in [6.45, 7) is 1.70. The van der Waals surface area contributed by atoms with Crippen molar-refractivity contribution in [3.8, 4) is 5.75 Å². The summed E-state index contributed by atoms with van der Waals surface area (Å²) in [6, 6.07) is 5.30. The van der Waals surface area contributed by atoms with Gasteiger partial charge in [0.2, 0.25) is 0 Å². The third kappa shape index (κ3) is 4.57. The molecular weight excluding hydrogens is 232 g/mol. The Morgan fingerprint density at radius 1 is 1.39 bits per heavy atom. The van der Waals surface area contributed by atoms with E-state index in [4.69, 9.17) is 9.84 Å². The second kappa shape index (κ2) is 7.48. The SMILES string of the molecule is CCCCCc1ccc(OCC(=O)O)c(C=O)c1. The van der Waals surface area contributed by atoms with Gasteiger partial charge in [0, 0.05) is 0 Å². The molecule has 0 aliphatic heterocycles. The molecule has 0 aromatic heterocycles. The van der Waals surface area contributed by atoms with Crippen LogP contribution in [0.4, 0.5) is 0 Å². The number of carbonyl (C=O) groups excluding carboxylic acids is 1. The predicted molar refractivity (Wildman–Crippen MR) is 68.2 cm³/mol. The number of rotatable bonds is 8. The van der Waals surface area contributed by atoms with E-state index in [0.29, 0.717) is 17.6 Å². The van der Waals surface area contributed by atoms with Crippen LogP contribution in [0.1, 0.15) is 42.1 Å². The zero-order chi connectivity index (χ0) is 13.4. The molecule has 0 amide bonds. The van der Waals surface area contributed by atoms with Crippen LogP contribution in [0.15, 0.2) is 18.2 Å². The Morgan fingerprint density at radius 2 is 2.17 bits per heavy atom. The third-order valence-electron chi connectivity index (χ3n) is 2.62. The van der Waals surface area contributed by atoms with Crippen LogP contribution in [0.3, 0.4) is 0 Å². The summed E-state index contributed by atoms with van der Waals surface area (Å²) in [6.07, 6.45) is 5.02. The monoisotopic (exact) mass is 250 g/mol. The maximum absolute atomic E-state index is 10.9. The van der Waals surface area contributed by atoms with E-state index in [1.807, 2.05) is 6.07 Å². The number of carboxylic acids is 1. The molecule has 0 atom stereocenters.